The molecule has 0 spiro atoms. The number of hydrogen-bond acceptors (Lipinski definition) is 5. The van der Waals surface area contributed by atoms with Crippen molar-refractivity contribution in [2.24, 2.45) is 0 Å². The Balaban J connectivity index is 1.47. The molecule has 1 amide bonds. The molecule has 0 unspecified atom stereocenters. The Morgan fingerprint density at radius 3 is 2.54 bits per heavy atom. The number of pyridine rings is 1. The van der Waals surface area contributed by atoms with Gasteiger partial charge in [-0.2, -0.15) is 0 Å². The van der Waals surface area contributed by atoms with Crippen molar-refractivity contribution in [2.75, 3.05) is 6.54 Å². The number of halogens is 1. The topological polar surface area (TPSA) is 77.5 Å². The Morgan fingerprint density at radius 2 is 1.82 bits per heavy atom. The van der Waals surface area contributed by atoms with E-state index in [0.717, 1.165) is 10.0 Å². The number of amides is 1. The highest BCUT2D eigenvalue weighted by atomic mass is 79.9. The summed E-state index contributed by atoms with van der Waals surface area (Å²) in [6.45, 7) is -0.0549. The maximum Gasteiger partial charge on any atom is 0.325 e. The molecule has 0 aliphatic rings. The fourth-order valence-electron chi connectivity index (χ4n) is 2.27. The van der Waals surface area contributed by atoms with Gasteiger partial charge >= 0.3 is 5.97 Å². The maximum absolute atomic E-state index is 12.1. The molecule has 0 atom stereocenters. The molecule has 0 aliphatic carbocycles. The van der Waals surface area contributed by atoms with Crippen LogP contribution >= 0.6 is 15.9 Å². The third kappa shape index (κ3) is 5.92. The van der Waals surface area contributed by atoms with E-state index in [9.17, 15) is 9.59 Å². The van der Waals surface area contributed by atoms with Gasteiger partial charge in [0.1, 0.15) is 18.9 Å². The van der Waals surface area contributed by atoms with Gasteiger partial charge in [0.25, 0.3) is 5.91 Å². The first-order valence-corrected chi connectivity index (χ1v) is 9.27. The fourth-order valence-corrected chi connectivity index (χ4v) is 2.65. The number of aromatic nitrogens is 1. The summed E-state index contributed by atoms with van der Waals surface area (Å²) < 4.78 is 11.6. The van der Waals surface area contributed by atoms with Crippen LogP contribution in [0.15, 0.2) is 77.4 Å². The van der Waals surface area contributed by atoms with Gasteiger partial charge in [-0.25, -0.2) is 4.98 Å². The minimum absolute atomic E-state index is 0.165. The van der Waals surface area contributed by atoms with Crippen LogP contribution in [0.25, 0.3) is 0 Å². The summed E-state index contributed by atoms with van der Waals surface area (Å²) in [6.07, 6.45) is 1.39. The quantitative estimate of drug-likeness (QED) is 0.559. The van der Waals surface area contributed by atoms with Crippen molar-refractivity contribution >= 4 is 27.8 Å². The zero-order valence-corrected chi connectivity index (χ0v) is 16.4. The Labute approximate surface area is 170 Å². The lowest BCUT2D eigenvalue weighted by atomic mass is 10.2. The van der Waals surface area contributed by atoms with E-state index in [0.29, 0.717) is 17.2 Å². The number of hydrogen-bond donors (Lipinski definition) is 1. The summed E-state index contributed by atoms with van der Waals surface area (Å²) in [4.78, 5) is 28.0. The highest BCUT2D eigenvalue weighted by Crippen LogP contribution is 2.22. The van der Waals surface area contributed by atoms with Crippen LogP contribution in [0.1, 0.15) is 15.9 Å². The molecule has 3 rings (SSSR count). The van der Waals surface area contributed by atoms with Gasteiger partial charge in [0.15, 0.2) is 0 Å². The van der Waals surface area contributed by atoms with E-state index in [2.05, 4.69) is 26.2 Å². The van der Waals surface area contributed by atoms with Crippen molar-refractivity contribution in [1.29, 1.82) is 0 Å². The first-order valence-electron chi connectivity index (χ1n) is 8.47. The molecule has 0 aliphatic heterocycles. The average Bonchev–Trinajstić information content (AvgIpc) is 2.72. The lowest BCUT2D eigenvalue weighted by Gasteiger charge is -2.08. The smallest absolute Gasteiger partial charge is 0.325 e. The van der Waals surface area contributed by atoms with Gasteiger partial charge in [0, 0.05) is 16.7 Å². The van der Waals surface area contributed by atoms with Crippen molar-refractivity contribution in [2.45, 2.75) is 6.61 Å². The third-order valence-electron chi connectivity index (χ3n) is 3.65. The second-order valence-corrected chi connectivity index (χ2v) is 6.69. The second kappa shape index (κ2) is 9.66. The van der Waals surface area contributed by atoms with Crippen LogP contribution in [0.2, 0.25) is 0 Å². The summed E-state index contributed by atoms with van der Waals surface area (Å²) in [5.74, 6) is 0.0510. The molecule has 1 aromatic heterocycles. The standard InChI is InChI=1S/C21H17BrN2O4/c22-17-7-4-8-18(11-17)28-19-10-9-16(12-23-19)21(26)24-13-20(25)27-14-15-5-2-1-3-6-15/h1-12H,13-14H2,(H,24,26). The van der Waals surface area contributed by atoms with Gasteiger partial charge in [0.2, 0.25) is 5.88 Å². The number of carbonyl (C=O) groups is 2. The van der Waals surface area contributed by atoms with Crippen molar-refractivity contribution in [3.8, 4) is 11.6 Å². The van der Waals surface area contributed by atoms with Gasteiger partial charge in [-0.15, -0.1) is 0 Å². The van der Waals surface area contributed by atoms with Gasteiger partial charge in [-0.1, -0.05) is 52.3 Å². The zero-order chi connectivity index (χ0) is 19.8. The van der Waals surface area contributed by atoms with Crippen molar-refractivity contribution in [3.63, 3.8) is 0 Å². The Hall–Kier alpha value is -3.19. The summed E-state index contributed by atoms with van der Waals surface area (Å²) in [6, 6.07) is 19.8. The average molecular weight is 441 g/mol. The molecule has 0 bridgehead atoms. The van der Waals surface area contributed by atoms with E-state index in [1.807, 2.05) is 48.5 Å². The largest absolute Gasteiger partial charge is 0.460 e. The van der Waals surface area contributed by atoms with E-state index in [1.54, 1.807) is 18.2 Å². The van der Waals surface area contributed by atoms with Crippen LogP contribution < -0.4 is 10.1 Å². The number of benzene rings is 2. The second-order valence-electron chi connectivity index (χ2n) is 5.77. The molecule has 2 aromatic carbocycles. The van der Waals surface area contributed by atoms with Gasteiger partial charge < -0.3 is 14.8 Å². The highest BCUT2D eigenvalue weighted by molar-refractivity contribution is 9.10. The van der Waals surface area contributed by atoms with Gasteiger partial charge in [-0.05, 0) is 29.8 Å². The first-order chi connectivity index (χ1) is 13.6. The van der Waals surface area contributed by atoms with Crippen molar-refractivity contribution < 1.29 is 19.1 Å². The number of nitrogens with one attached hydrogen (secondary N) is 1. The van der Waals surface area contributed by atoms with Crippen LogP contribution in [0.5, 0.6) is 11.6 Å². The predicted molar refractivity (Wildman–Crippen MR) is 107 cm³/mol. The molecule has 0 fully saturated rings. The van der Waals surface area contributed by atoms with Gasteiger partial charge in [-0.3, -0.25) is 9.59 Å². The zero-order valence-electron chi connectivity index (χ0n) is 14.8. The lowest BCUT2D eigenvalue weighted by Crippen LogP contribution is -2.30. The first kappa shape index (κ1) is 19.6. The van der Waals surface area contributed by atoms with Gasteiger partial charge in [0.05, 0.1) is 5.56 Å². The fraction of sp³-hybridized carbons (Fsp3) is 0.0952. The molecule has 6 nitrogen and oxygen atoms in total. The Morgan fingerprint density at radius 1 is 1.00 bits per heavy atom. The molecular weight excluding hydrogens is 424 g/mol. The summed E-state index contributed by atoms with van der Waals surface area (Å²) in [5.41, 5.74) is 1.20. The van der Waals surface area contributed by atoms with E-state index < -0.39 is 11.9 Å². The lowest BCUT2D eigenvalue weighted by molar-refractivity contribution is -0.143. The minimum Gasteiger partial charge on any atom is -0.460 e. The molecule has 0 saturated heterocycles. The Kier molecular flexibility index (Phi) is 6.75. The monoisotopic (exact) mass is 440 g/mol. The molecule has 28 heavy (non-hydrogen) atoms. The molecule has 1 N–H and O–H groups in total. The molecule has 7 heteroatoms. The Bertz CT molecular complexity index is 946. The molecule has 3 aromatic rings. The number of esters is 1. The van der Waals surface area contributed by atoms with Crippen LogP contribution in [0.3, 0.4) is 0 Å². The van der Waals surface area contributed by atoms with E-state index in [1.165, 1.54) is 6.20 Å². The number of nitrogens with zero attached hydrogens (tertiary/aromatic N) is 1. The van der Waals surface area contributed by atoms with E-state index >= 15 is 0 Å². The van der Waals surface area contributed by atoms with Crippen molar-refractivity contribution in [3.05, 3.63) is 88.5 Å². The normalized spacial score (nSPS) is 10.2. The minimum atomic E-state index is -0.514. The van der Waals surface area contributed by atoms with Crippen molar-refractivity contribution in [1.82, 2.24) is 10.3 Å². The summed E-state index contributed by atoms with van der Waals surface area (Å²) >= 11 is 3.37. The SMILES string of the molecule is O=C(CNC(=O)c1ccc(Oc2cccc(Br)c2)nc1)OCc1ccccc1. The summed E-state index contributed by atoms with van der Waals surface area (Å²) in [5, 5.41) is 2.51. The number of ether oxygens (including phenoxy) is 2. The predicted octanol–water partition coefficient (Wildman–Crippen LogP) is 4.11. The molecule has 1 heterocycles. The van der Waals surface area contributed by atoms with Crippen LogP contribution in [-0.2, 0) is 16.1 Å². The van der Waals surface area contributed by atoms with Crippen LogP contribution in [0.4, 0.5) is 0 Å². The molecule has 0 saturated carbocycles. The van der Waals surface area contributed by atoms with Crippen LogP contribution in [-0.4, -0.2) is 23.4 Å². The van der Waals surface area contributed by atoms with E-state index in [-0.39, 0.29) is 13.2 Å². The molecule has 142 valence electrons. The molecular formula is C21H17BrN2O4. The summed E-state index contributed by atoms with van der Waals surface area (Å²) in [7, 11) is 0. The number of carbonyl (C=O) groups excluding carboxylic acids is 2. The maximum atomic E-state index is 12.1. The van der Waals surface area contributed by atoms with Crippen LogP contribution in [0, 0.1) is 0 Å². The van der Waals surface area contributed by atoms with E-state index in [4.69, 9.17) is 9.47 Å². The number of rotatable bonds is 7. The third-order valence-corrected chi connectivity index (χ3v) is 4.15. The highest BCUT2D eigenvalue weighted by Gasteiger charge is 2.10. The molecule has 0 radical (unpaired) electrons.